The summed E-state index contributed by atoms with van der Waals surface area (Å²) >= 11 is 6.66. The summed E-state index contributed by atoms with van der Waals surface area (Å²) in [6.07, 6.45) is 1.15. The van der Waals surface area contributed by atoms with E-state index in [1.165, 1.54) is 5.56 Å². The van der Waals surface area contributed by atoms with Crippen LogP contribution in [0.1, 0.15) is 55.2 Å². The van der Waals surface area contributed by atoms with Crippen LogP contribution in [-0.4, -0.2) is 6.61 Å². The average molecular weight is 303 g/mol. The molecule has 0 bridgehead atoms. The first-order chi connectivity index (χ1) is 10.2. The van der Waals surface area contributed by atoms with E-state index in [0.29, 0.717) is 12.5 Å². The van der Waals surface area contributed by atoms with Crippen LogP contribution in [-0.2, 0) is 0 Å². The largest absolute Gasteiger partial charge is 0.494 e. The third kappa shape index (κ3) is 3.79. The number of ether oxygens (including phenoxy) is 1. The van der Waals surface area contributed by atoms with Crippen LogP contribution in [0, 0.1) is 0 Å². The van der Waals surface area contributed by atoms with Crippen molar-refractivity contribution >= 4 is 11.6 Å². The SMILES string of the molecule is CCOc1ccccc1C(Cl)c1ccc(C(C)CC)cc1. The number of alkyl halides is 1. The van der Waals surface area contributed by atoms with Crippen molar-refractivity contribution in [2.24, 2.45) is 0 Å². The molecule has 0 fully saturated rings. The van der Waals surface area contributed by atoms with Gasteiger partial charge in [-0.05, 0) is 36.5 Å². The minimum absolute atomic E-state index is 0.182. The maximum Gasteiger partial charge on any atom is 0.124 e. The van der Waals surface area contributed by atoms with Gasteiger partial charge < -0.3 is 4.74 Å². The van der Waals surface area contributed by atoms with E-state index in [1.807, 2.05) is 31.2 Å². The zero-order valence-corrected chi connectivity index (χ0v) is 13.7. The van der Waals surface area contributed by atoms with Gasteiger partial charge in [-0.2, -0.15) is 0 Å². The summed E-state index contributed by atoms with van der Waals surface area (Å²) < 4.78 is 5.67. The van der Waals surface area contributed by atoms with Gasteiger partial charge in [0.2, 0.25) is 0 Å². The average Bonchev–Trinajstić information content (AvgIpc) is 2.54. The Labute approximate surface area is 132 Å². The molecule has 2 aromatic rings. The summed E-state index contributed by atoms with van der Waals surface area (Å²) in [6.45, 7) is 7.09. The lowest BCUT2D eigenvalue weighted by Gasteiger charge is -2.16. The third-order valence-corrected chi connectivity index (χ3v) is 4.39. The highest BCUT2D eigenvalue weighted by Crippen LogP contribution is 2.35. The standard InChI is InChI=1S/C19H23ClO/c1-4-14(3)15-10-12-16(13-11-15)19(20)17-8-6-7-9-18(17)21-5-2/h6-14,19H,4-5H2,1-3H3. The molecule has 0 aliphatic heterocycles. The van der Waals surface area contributed by atoms with Crippen molar-refractivity contribution in [1.29, 1.82) is 0 Å². The second kappa shape index (κ2) is 7.51. The summed E-state index contributed by atoms with van der Waals surface area (Å²) in [4.78, 5) is 0. The number of rotatable bonds is 6. The van der Waals surface area contributed by atoms with Gasteiger partial charge in [-0.1, -0.05) is 56.3 Å². The highest BCUT2D eigenvalue weighted by Gasteiger charge is 2.15. The van der Waals surface area contributed by atoms with Crippen molar-refractivity contribution in [3.63, 3.8) is 0 Å². The molecule has 0 saturated heterocycles. The van der Waals surface area contributed by atoms with Crippen LogP contribution in [0.25, 0.3) is 0 Å². The highest BCUT2D eigenvalue weighted by atomic mass is 35.5. The van der Waals surface area contributed by atoms with E-state index in [-0.39, 0.29) is 5.38 Å². The van der Waals surface area contributed by atoms with E-state index in [2.05, 4.69) is 38.1 Å². The van der Waals surface area contributed by atoms with E-state index >= 15 is 0 Å². The maximum absolute atomic E-state index is 6.66. The number of halogens is 1. The van der Waals surface area contributed by atoms with E-state index in [4.69, 9.17) is 16.3 Å². The fraction of sp³-hybridized carbons (Fsp3) is 0.368. The van der Waals surface area contributed by atoms with Gasteiger partial charge in [0.1, 0.15) is 5.75 Å². The highest BCUT2D eigenvalue weighted by molar-refractivity contribution is 6.22. The van der Waals surface area contributed by atoms with Gasteiger partial charge in [0.05, 0.1) is 12.0 Å². The van der Waals surface area contributed by atoms with Gasteiger partial charge in [-0.25, -0.2) is 0 Å². The molecule has 2 unspecified atom stereocenters. The lowest BCUT2D eigenvalue weighted by molar-refractivity contribution is 0.337. The van der Waals surface area contributed by atoms with Gasteiger partial charge in [0.15, 0.2) is 0 Å². The predicted octanol–water partition coefficient (Wildman–Crippen LogP) is 5.93. The van der Waals surface area contributed by atoms with E-state index in [1.54, 1.807) is 0 Å². The molecule has 0 aliphatic rings. The topological polar surface area (TPSA) is 9.23 Å². The van der Waals surface area contributed by atoms with Crippen LogP contribution in [0.2, 0.25) is 0 Å². The second-order valence-corrected chi connectivity index (χ2v) is 5.75. The van der Waals surface area contributed by atoms with Crippen molar-refractivity contribution in [2.45, 2.75) is 38.5 Å². The van der Waals surface area contributed by atoms with Crippen LogP contribution in [0.3, 0.4) is 0 Å². The Bertz CT molecular complexity index is 562. The molecule has 2 aromatic carbocycles. The number of benzene rings is 2. The van der Waals surface area contributed by atoms with Gasteiger partial charge in [0, 0.05) is 5.56 Å². The van der Waals surface area contributed by atoms with E-state index in [0.717, 1.165) is 23.3 Å². The normalized spacial score (nSPS) is 13.7. The summed E-state index contributed by atoms with van der Waals surface area (Å²) in [7, 11) is 0. The molecule has 1 nitrogen and oxygen atoms in total. The van der Waals surface area contributed by atoms with E-state index in [9.17, 15) is 0 Å². The minimum atomic E-state index is -0.182. The maximum atomic E-state index is 6.66. The molecular weight excluding hydrogens is 280 g/mol. The predicted molar refractivity (Wildman–Crippen MR) is 90.5 cm³/mol. The second-order valence-electron chi connectivity index (χ2n) is 5.31. The molecule has 21 heavy (non-hydrogen) atoms. The molecule has 0 spiro atoms. The Hall–Kier alpha value is -1.47. The first-order valence-electron chi connectivity index (χ1n) is 7.63. The fourth-order valence-corrected chi connectivity index (χ4v) is 2.71. The fourth-order valence-electron chi connectivity index (χ4n) is 2.39. The Morgan fingerprint density at radius 3 is 2.19 bits per heavy atom. The van der Waals surface area contributed by atoms with Gasteiger partial charge in [-0.3, -0.25) is 0 Å². The molecule has 2 rings (SSSR count). The van der Waals surface area contributed by atoms with Crippen LogP contribution in [0.5, 0.6) is 5.75 Å². The molecule has 2 atom stereocenters. The quantitative estimate of drug-likeness (QED) is 0.601. The number of hydrogen-bond acceptors (Lipinski definition) is 1. The van der Waals surface area contributed by atoms with Crippen molar-refractivity contribution in [2.75, 3.05) is 6.61 Å². The van der Waals surface area contributed by atoms with Crippen molar-refractivity contribution < 1.29 is 4.74 Å². The molecular formula is C19H23ClO. The lowest BCUT2D eigenvalue weighted by atomic mass is 9.95. The lowest BCUT2D eigenvalue weighted by Crippen LogP contribution is -2.00. The summed E-state index contributed by atoms with van der Waals surface area (Å²) in [5, 5.41) is -0.182. The first-order valence-corrected chi connectivity index (χ1v) is 8.06. The molecule has 2 heteroatoms. The molecule has 0 amide bonds. The van der Waals surface area contributed by atoms with Gasteiger partial charge >= 0.3 is 0 Å². The summed E-state index contributed by atoms with van der Waals surface area (Å²) in [5.74, 6) is 1.45. The summed E-state index contributed by atoms with van der Waals surface area (Å²) in [6, 6.07) is 16.6. The molecule has 0 heterocycles. The number of hydrogen-bond donors (Lipinski definition) is 0. The van der Waals surface area contributed by atoms with Crippen molar-refractivity contribution in [1.82, 2.24) is 0 Å². The molecule has 0 aromatic heterocycles. The minimum Gasteiger partial charge on any atom is -0.494 e. The van der Waals surface area contributed by atoms with Gasteiger partial charge in [0.25, 0.3) is 0 Å². The molecule has 0 aliphatic carbocycles. The Morgan fingerprint density at radius 2 is 1.57 bits per heavy atom. The molecule has 0 saturated carbocycles. The Morgan fingerprint density at radius 1 is 0.952 bits per heavy atom. The first kappa shape index (κ1) is 15.9. The monoisotopic (exact) mass is 302 g/mol. The zero-order chi connectivity index (χ0) is 15.2. The van der Waals surface area contributed by atoms with Crippen LogP contribution >= 0.6 is 11.6 Å². The van der Waals surface area contributed by atoms with Gasteiger partial charge in [-0.15, -0.1) is 11.6 Å². The Balaban J connectivity index is 2.25. The van der Waals surface area contributed by atoms with Crippen LogP contribution in [0.4, 0.5) is 0 Å². The number of para-hydroxylation sites is 1. The third-order valence-electron chi connectivity index (χ3n) is 3.90. The Kier molecular flexibility index (Phi) is 5.69. The van der Waals surface area contributed by atoms with Crippen LogP contribution < -0.4 is 4.74 Å². The van der Waals surface area contributed by atoms with Crippen molar-refractivity contribution in [3.05, 3.63) is 65.2 Å². The summed E-state index contributed by atoms with van der Waals surface area (Å²) in [5.41, 5.74) is 3.50. The zero-order valence-electron chi connectivity index (χ0n) is 13.0. The molecule has 112 valence electrons. The molecule has 0 N–H and O–H groups in total. The van der Waals surface area contributed by atoms with Crippen LogP contribution in [0.15, 0.2) is 48.5 Å². The smallest absolute Gasteiger partial charge is 0.124 e. The molecule has 0 radical (unpaired) electrons. The van der Waals surface area contributed by atoms with Crippen molar-refractivity contribution in [3.8, 4) is 5.75 Å². The van der Waals surface area contributed by atoms with E-state index < -0.39 is 0 Å².